The highest BCUT2D eigenvalue weighted by molar-refractivity contribution is 5.74. The summed E-state index contributed by atoms with van der Waals surface area (Å²) < 4.78 is 11.4. The molecule has 0 spiro atoms. The van der Waals surface area contributed by atoms with E-state index in [1.165, 1.54) is 38.5 Å². The lowest BCUT2D eigenvalue weighted by atomic mass is 9.78. The van der Waals surface area contributed by atoms with Crippen molar-refractivity contribution in [1.82, 2.24) is 0 Å². The number of piperidine rings is 1. The van der Waals surface area contributed by atoms with Crippen LogP contribution in [0, 0.1) is 5.92 Å². The first kappa shape index (κ1) is 13.1. The van der Waals surface area contributed by atoms with E-state index in [4.69, 9.17) is 15.2 Å². The van der Waals surface area contributed by atoms with E-state index in [2.05, 4.69) is 11.0 Å². The Labute approximate surface area is 126 Å². The molecular weight excluding hydrogens is 264 g/mol. The molecule has 2 N–H and O–H groups in total. The Hall–Kier alpha value is -1.58. The maximum absolute atomic E-state index is 6.32. The molecule has 2 aliphatic heterocycles. The van der Waals surface area contributed by atoms with Crippen LogP contribution in [-0.4, -0.2) is 25.8 Å². The van der Waals surface area contributed by atoms with Gasteiger partial charge in [0.05, 0.1) is 11.4 Å². The fourth-order valence-corrected chi connectivity index (χ4v) is 4.27. The first-order chi connectivity index (χ1) is 10.3. The lowest BCUT2D eigenvalue weighted by Crippen LogP contribution is -2.47. The van der Waals surface area contributed by atoms with E-state index in [9.17, 15) is 0 Å². The molecule has 1 saturated heterocycles. The van der Waals surface area contributed by atoms with Crippen molar-refractivity contribution in [3.63, 3.8) is 0 Å². The molecule has 0 bridgehead atoms. The molecule has 1 aromatic rings. The van der Waals surface area contributed by atoms with Crippen LogP contribution in [0.25, 0.3) is 0 Å². The second-order valence-corrected chi connectivity index (χ2v) is 6.50. The van der Waals surface area contributed by atoms with Gasteiger partial charge < -0.3 is 20.1 Å². The summed E-state index contributed by atoms with van der Waals surface area (Å²) in [6.45, 7) is 2.35. The van der Waals surface area contributed by atoms with Crippen LogP contribution in [0.3, 0.4) is 0 Å². The van der Waals surface area contributed by atoms with E-state index in [1.54, 1.807) is 0 Å². The molecule has 0 amide bonds. The van der Waals surface area contributed by atoms with Gasteiger partial charge in [-0.1, -0.05) is 12.8 Å². The van der Waals surface area contributed by atoms with Gasteiger partial charge in [0.15, 0.2) is 11.5 Å². The fourth-order valence-electron chi connectivity index (χ4n) is 4.27. The minimum atomic E-state index is 0.611. The number of hydrogen-bond acceptors (Lipinski definition) is 4. The van der Waals surface area contributed by atoms with Crippen molar-refractivity contribution in [3.05, 3.63) is 12.1 Å². The molecule has 1 saturated carbocycles. The Bertz CT molecular complexity index is 530. The predicted molar refractivity (Wildman–Crippen MR) is 84.2 cm³/mol. The third kappa shape index (κ3) is 2.30. The number of rotatable bonds is 1. The van der Waals surface area contributed by atoms with E-state index < -0.39 is 0 Å². The Morgan fingerprint density at radius 2 is 1.67 bits per heavy atom. The van der Waals surface area contributed by atoms with Gasteiger partial charge >= 0.3 is 0 Å². The summed E-state index contributed by atoms with van der Waals surface area (Å²) in [5.74, 6) is 2.49. The van der Waals surface area contributed by atoms with Crippen molar-refractivity contribution in [1.29, 1.82) is 0 Å². The summed E-state index contributed by atoms with van der Waals surface area (Å²) in [4.78, 5) is 2.54. The van der Waals surface area contributed by atoms with Crippen molar-refractivity contribution in [2.75, 3.05) is 30.4 Å². The highest BCUT2D eigenvalue weighted by atomic mass is 16.6. The van der Waals surface area contributed by atoms with Crippen molar-refractivity contribution in [2.24, 2.45) is 5.92 Å². The van der Waals surface area contributed by atoms with Crippen molar-refractivity contribution in [2.45, 2.75) is 44.6 Å². The number of nitrogens with zero attached hydrogens (tertiary/aromatic N) is 1. The molecule has 0 radical (unpaired) electrons. The zero-order valence-corrected chi connectivity index (χ0v) is 12.5. The molecule has 0 aromatic heterocycles. The number of nitrogens with two attached hydrogens (primary N) is 1. The third-order valence-electron chi connectivity index (χ3n) is 5.24. The van der Waals surface area contributed by atoms with E-state index in [1.807, 2.05) is 6.07 Å². The molecule has 4 heteroatoms. The van der Waals surface area contributed by atoms with Crippen LogP contribution in [0.5, 0.6) is 11.5 Å². The Balaban J connectivity index is 1.68. The minimum Gasteiger partial charge on any atom is -0.486 e. The normalized spacial score (nSPS) is 28.1. The van der Waals surface area contributed by atoms with Gasteiger partial charge in [-0.3, -0.25) is 0 Å². The highest BCUT2D eigenvalue weighted by Gasteiger charge is 2.34. The molecule has 0 unspecified atom stereocenters. The molecule has 21 heavy (non-hydrogen) atoms. The molecule has 4 rings (SSSR count). The van der Waals surface area contributed by atoms with Gasteiger partial charge in [-0.25, -0.2) is 0 Å². The first-order valence-electron chi connectivity index (χ1n) is 8.29. The number of benzene rings is 1. The van der Waals surface area contributed by atoms with E-state index in [0.717, 1.165) is 35.3 Å². The van der Waals surface area contributed by atoms with Gasteiger partial charge in [0.25, 0.3) is 0 Å². The number of fused-ring (bicyclic) bond motifs is 2. The van der Waals surface area contributed by atoms with E-state index >= 15 is 0 Å². The summed E-state index contributed by atoms with van der Waals surface area (Å²) in [5.41, 5.74) is 8.29. The zero-order chi connectivity index (χ0) is 14.2. The summed E-state index contributed by atoms with van der Waals surface area (Å²) >= 11 is 0. The van der Waals surface area contributed by atoms with Crippen LogP contribution in [0.4, 0.5) is 11.4 Å². The molecule has 2 fully saturated rings. The molecule has 1 aliphatic carbocycles. The smallest absolute Gasteiger partial charge is 0.163 e. The van der Waals surface area contributed by atoms with E-state index in [0.29, 0.717) is 19.3 Å². The van der Waals surface area contributed by atoms with Gasteiger partial charge in [0.2, 0.25) is 0 Å². The van der Waals surface area contributed by atoms with Crippen LogP contribution in [-0.2, 0) is 0 Å². The second kappa shape index (κ2) is 5.32. The average Bonchev–Trinajstić information content (AvgIpc) is 2.54. The fraction of sp³-hybridized carbons (Fsp3) is 0.647. The van der Waals surface area contributed by atoms with Gasteiger partial charge in [0, 0.05) is 24.7 Å². The van der Waals surface area contributed by atoms with Gasteiger partial charge in [-0.15, -0.1) is 0 Å². The lowest BCUT2D eigenvalue weighted by Gasteiger charge is -2.46. The Morgan fingerprint density at radius 3 is 2.52 bits per heavy atom. The summed E-state index contributed by atoms with van der Waals surface area (Å²) in [6, 6.07) is 4.70. The van der Waals surface area contributed by atoms with Crippen LogP contribution in [0.2, 0.25) is 0 Å². The Kier molecular flexibility index (Phi) is 3.32. The molecule has 1 aromatic carbocycles. The molecule has 4 nitrogen and oxygen atoms in total. The quantitative estimate of drug-likeness (QED) is 0.806. The zero-order valence-electron chi connectivity index (χ0n) is 12.5. The topological polar surface area (TPSA) is 47.7 Å². The van der Waals surface area contributed by atoms with Crippen LogP contribution in [0.1, 0.15) is 38.5 Å². The van der Waals surface area contributed by atoms with Crippen LogP contribution < -0.4 is 20.1 Å². The minimum absolute atomic E-state index is 0.611. The maximum Gasteiger partial charge on any atom is 0.163 e. The predicted octanol–water partition coefficient (Wildman–Crippen LogP) is 3.20. The molecule has 3 aliphatic rings. The van der Waals surface area contributed by atoms with Crippen molar-refractivity contribution < 1.29 is 9.47 Å². The van der Waals surface area contributed by atoms with Crippen molar-refractivity contribution in [3.8, 4) is 11.5 Å². The highest BCUT2D eigenvalue weighted by Crippen LogP contribution is 2.43. The maximum atomic E-state index is 6.32. The lowest BCUT2D eigenvalue weighted by molar-refractivity contribution is 0.171. The van der Waals surface area contributed by atoms with Gasteiger partial charge in [0.1, 0.15) is 13.2 Å². The standard InChI is InChI=1S/C17H24N2O2/c18-13-10-16-17(21-9-8-20-16)11-15(13)19-7-3-5-12-4-1-2-6-14(12)19/h10-12,14H,1-9,18H2/t12-,14-/m1/s1. The third-order valence-corrected chi connectivity index (χ3v) is 5.24. The van der Waals surface area contributed by atoms with Crippen LogP contribution in [0.15, 0.2) is 12.1 Å². The van der Waals surface area contributed by atoms with Crippen molar-refractivity contribution >= 4 is 11.4 Å². The van der Waals surface area contributed by atoms with Crippen LogP contribution >= 0.6 is 0 Å². The number of anilines is 2. The number of hydrogen-bond donors (Lipinski definition) is 1. The second-order valence-electron chi connectivity index (χ2n) is 6.50. The molecular formula is C17H24N2O2. The number of nitrogen functional groups attached to an aromatic ring is 1. The largest absolute Gasteiger partial charge is 0.486 e. The summed E-state index contributed by atoms with van der Waals surface area (Å²) in [5, 5.41) is 0. The molecule has 114 valence electrons. The first-order valence-corrected chi connectivity index (χ1v) is 8.29. The molecule has 2 atom stereocenters. The SMILES string of the molecule is Nc1cc2c(cc1N1CCC[C@H]3CCCC[C@H]31)OCCO2. The van der Waals surface area contributed by atoms with Gasteiger partial charge in [-0.2, -0.15) is 0 Å². The van der Waals surface area contributed by atoms with E-state index in [-0.39, 0.29) is 0 Å². The van der Waals surface area contributed by atoms with Gasteiger partial charge in [-0.05, 0) is 31.6 Å². The summed E-state index contributed by atoms with van der Waals surface area (Å²) in [6.07, 6.45) is 8.08. The monoisotopic (exact) mass is 288 g/mol. The molecule has 2 heterocycles. The Morgan fingerprint density at radius 1 is 0.952 bits per heavy atom. The average molecular weight is 288 g/mol. The summed E-state index contributed by atoms with van der Waals surface area (Å²) in [7, 11) is 0. The number of ether oxygens (including phenoxy) is 2.